The van der Waals surface area contributed by atoms with Gasteiger partial charge in [0.05, 0.1) is 31.4 Å². The molecule has 0 saturated heterocycles. The first-order valence-corrected chi connectivity index (χ1v) is 13.1. The first-order valence-electron chi connectivity index (χ1n) is 11.7. The summed E-state index contributed by atoms with van der Waals surface area (Å²) in [4.78, 5) is 12.8. The van der Waals surface area contributed by atoms with Crippen molar-refractivity contribution < 1.29 is 27.4 Å². The number of nitrogens with zero attached hydrogens (tertiary/aromatic N) is 1. The summed E-state index contributed by atoms with van der Waals surface area (Å²) in [5.41, 5.74) is 1.52. The first-order chi connectivity index (χ1) is 17.4. The highest BCUT2D eigenvalue weighted by atomic mass is 32.2. The van der Waals surface area contributed by atoms with Gasteiger partial charge in [0.2, 0.25) is 5.91 Å². The van der Waals surface area contributed by atoms with Crippen molar-refractivity contribution in [2.45, 2.75) is 24.7 Å². The fourth-order valence-corrected chi connectivity index (χ4v) is 5.08. The summed E-state index contributed by atoms with van der Waals surface area (Å²) in [6, 6.07) is 20.9. The van der Waals surface area contributed by atoms with Crippen molar-refractivity contribution in [3.05, 3.63) is 78.4 Å². The van der Waals surface area contributed by atoms with Crippen LogP contribution in [0.1, 0.15) is 18.9 Å². The van der Waals surface area contributed by atoms with Crippen LogP contribution in [0.5, 0.6) is 17.2 Å². The van der Waals surface area contributed by atoms with E-state index in [-0.39, 0.29) is 17.2 Å². The smallest absolute Gasteiger partial charge is 0.264 e. The van der Waals surface area contributed by atoms with Crippen molar-refractivity contribution in [2.75, 3.05) is 38.2 Å². The first kappa shape index (κ1) is 26.9. The zero-order valence-corrected chi connectivity index (χ0v) is 21.6. The number of rotatable bonds is 13. The highest BCUT2D eigenvalue weighted by Gasteiger charge is 2.28. The number of carbonyl (C=O) groups excluding carboxylic acids is 1. The molecule has 1 amide bonds. The van der Waals surface area contributed by atoms with Crippen LogP contribution in [0.25, 0.3) is 0 Å². The normalized spacial score (nSPS) is 11.0. The molecular weight excluding hydrogens is 480 g/mol. The van der Waals surface area contributed by atoms with E-state index in [1.807, 2.05) is 37.3 Å². The zero-order valence-electron chi connectivity index (χ0n) is 20.8. The van der Waals surface area contributed by atoms with Gasteiger partial charge in [-0.25, -0.2) is 8.42 Å². The van der Waals surface area contributed by atoms with Gasteiger partial charge in [-0.15, -0.1) is 0 Å². The second-order valence-electron chi connectivity index (χ2n) is 7.89. The predicted molar refractivity (Wildman–Crippen MR) is 139 cm³/mol. The minimum absolute atomic E-state index is 0.0223. The van der Waals surface area contributed by atoms with Crippen LogP contribution >= 0.6 is 0 Å². The largest absolute Gasteiger partial charge is 0.494 e. The van der Waals surface area contributed by atoms with Crippen LogP contribution in [0.4, 0.5) is 5.69 Å². The van der Waals surface area contributed by atoms with Gasteiger partial charge in [-0.2, -0.15) is 0 Å². The summed E-state index contributed by atoms with van der Waals surface area (Å²) >= 11 is 0. The van der Waals surface area contributed by atoms with Crippen molar-refractivity contribution in [3.63, 3.8) is 0 Å². The van der Waals surface area contributed by atoms with Gasteiger partial charge in [-0.1, -0.05) is 30.3 Å². The van der Waals surface area contributed by atoms with Gasteiger partial charge in [-0.3, -0.25) is 9.10 Å². The van der Waals surface area contributed by atoms with E-state index in [0.717, 1.165) is 17.1 Å². The third kappa shape index (κ3) is 6.91. The second-order valence-corrected chi connectivity index (χ2v) is 9.76. The number of nitrogens with one attached hydrogen (secondary N) is 1. The lowest BCUT2D eigenvalue weighted by atomic mass is 10.1. The van der Waals surface area contributed by atoms with Crippen LogP contribution in [0.2, 0.25) is 0 Å². The third-order valence-electron chi connectivity index (χ3n) is 5.47. The maximum absolute atomic E-state index is 13.7. The van der Waals surface area contributed by atoms with E-state index in [4.69, 9.17) is 14.2 Å². The van der Waals surface area contributed by atoms with Gasteiger partial charge in [0.25, 0.3) is 10.0 Å². The molecule has 0 bridgehead atoms. The summed E-state index contributed by atoms with van der Waals surface area (Å²) < 4.78 is 44.4. The Morgan fingerprint density at radius 1 is 0.917 bits per heavy atom. The fourth-order valence-electron chi connectivity index (χ4n) is 3.65. The Hall–Kier alpha value is -3.72. The Kier molecular flexibility index (Phi) is 9.58. The SMILES string of the molecule is CCOc1ccc(N(CC(=O)NCCCc2ccccc2)S(=O)(=O)c2ccc(OC)c(OC)c2)cc1. The van der Waals surface area contributed by atoms with Crippen LogP contribution in [0.3, 0.4) is 0 Å². The number of ether oxygens (including phenoxy) is 3. The van der Waals surface area contributed by atoms with E-state index in [1.54, 1.807) is 24.3 Å². The molecular formula is C27H32N2O6S. The van der Waals surface area contributed by atoms with Crippen molar-refractivity contribution in [2.24, 2.45) is 0 Å². The molecule has 0 heterocycles. The van der Waals surface area contributed by atoms with Gasteiger partial charge < -0.3 is 19.5 Å². The molecule has 192 valence electrons. The summed E-state index contributed by atoms with van der Waals surface area (Å²) in [7, 11) is -1.20. The minimum atomic E-state index is -4.11. The minimum Gasteiger partial charge on any atom is -0.494 e. The maximum atomic E-state index is 13.7. The number of methoxy groups -OCH3 is 2. The molecule has 0 saturated carbocycles. The predicted octanol–water partition coefficient (Wildman–Crippen LogP) is 4.05. The molecule has 9 heteroatoms. The van der Waals surface area contributed by atoms with E-state index in [2.05, 4.69) is 5.32 Å². The van der Waals surface area contributed by atoms with E-state index in [0.29, 0.717) is 30.3 Å². The van der Waals surface area contributed by atoms with E-state index in [1.165, 1.54) is 38.0 Å². The molecule has 0 aliphatic carbocycles. The standard InChI is InChI=1S/C27H32N2O6S/c1-4-35-23-14-12-22(13-15-23)29(20-27(30)28-18-8-11-21-9-6-5-7-10-21)36(31,32)24-16-17-25(33-2)26(19-24)34-3/h5-7,9-10,12-17,19H,4,8,11,18,20H2,1-3H3,(H,28,30). The van der Waals surface area contributed by atoms with Crippen molar-refractivity contribution in [1.29, 1.82) is 0 Å². The molecule has 0 fully saturated rings. The van der Waals surface area contributed by atoms with Crippen molar-refractivity contribution in [3.8, 4) is 17.2 Å². The molecule has 3 rings (SSSR count). The average molecular weight is 513 g/mol. The fraction of sp³-hybridized carbons (Fsp3) is 0.296. The van der Waals surface area contributed by atoms with Crippen molar-refractivity contribution in [1.82, 2.24) is 5.32 Å². The van der Waals surface area contributed by atoms with Crippen LogP contribution in [-0.2, 0) is 21.2 Å². The van der Waals surface area contributed by atoms with Crippen LogP contribution in [-0.4, -0.2) is 48.2 Å². The molecule has 8 nitrogen and oxygen atoms in total. The Morgan fingerprint density at radius 3 is 2.25 bits per heavy atom. The molecule has 0 aromatic heterocycles. The number of hydrogen-bond donors (Lipinski definition) is 1. The molecule has 1 N–H and O–H groups in total. The van der Waals surface area contributed by atoms with E-state index in [9.17, 15) is 13.2 Å². The molecule has 3 aromatic carbocycles. The van der Waals surface area contributed by atoms with Gasteiger partial charge in [0.1, 0.15) is 12.3 Å². The Balaban J connectivity index is 1.80. The summed E-state index contributed by atoms with van der Waals surface area (Å²) in [6.45, 7) is 2.40. The molecule has 0 unspecified atom stereocenters. The van der Waals surface area contributed by atoms with Crippen molar-refractivity contribution >= 4 is 21.6 Å². The molecule has 0 aliphatic heterocycles. The number of carbonyl (C=O) groups is 1. The van der Waals surface area contributed by atoms with Crippen LogP contribution in [0.15, 0.2) is 77.7 Å². The number of benzene rings is 3. The molecule has 36 heavy (non-hydrogen) atoms. The molecule has 0 radical (unpaired) electrons. The van der Waals surface area contributed by atoms with Gasteiger partial charge in [-0.05, 0) is 61.7 Å². The van der Waals surface area contributed by atoms with Crippen LogP contribution in [0, 0.1) is 0 Å². The Morgan fingerprint density at radius 2 is 1.61 bits per heavy atom. The number of aryl methyl sites for hydroxylation is 1. The Labute approximate surface area is 212 Å². The molecule has 0 spiro atoms. The van der Waals surface area contributed by atoms with Gasteiger partial charge in [0, 0.05) is 12.6 Å². The highest BCUT2D eigenvalue weighted by Crippen LogP contribution is 2.32. The summed E-state index contributed by atoms with van der Waals surface area (Å²) in [5, 5.41) is 2.83. The number of amides is 1. The maximum Gasteiger partial charge on any atom is 0.264 e. The lowest BCUT2D eigenvalue weighted by Crippen LogP contribution is -2.41. The highest BCUT2D eigenvalue weighted by molar-refractivity contribution is 7.92. The van der Waals surface area contributed by atoms with Gasteiger partial charge in [0.15, 0.2) is 11.5 Å². The zero-order chi connectivity index (χ0) is 26.0. The Bertz CT molecular complexity index is 1230. The lowest BCUT2D eigenvalue weighted by molar-refractivity contribution is -0.119. The third-order valence-corrected chi connectivity index (χ3v) is 7.24. The molecule has 3 aromatic rings. The molecule has 0 aliphatic rings. The average Bonchev–Trinajstić information content (AvgIpc) is 2.90. The lowest BCUT2D eigenvalue weighted by Gasteiger charge is -2.24. The number of hydrogen-bond acceptors (Lipinski definition) is 6. The number of sulfonamides is 1. The van der Waals surface area contributed by atoms with E-state index >= 15 is 0 Å². The van der Waals surface area contributed by atoms with E-state index < -0.39 is 15.9 Å². The summed E-state index contributed by atoms with van der Waals surface area (Å²) in [6.07, 6.45) is 1.55. The molecule has 0 atom stereocenters. The van der Waals surface area contributed by atoms with Crippen LogP contribution < -0.4 is 23.8 Å². The monoisotopic (exact) mass is 512 g/mol. The topological polar surface area (TPSA) is 94.2 Å². The summed E-state index contributed by atoms with van der Waals surface area (Å²) in [5.74, 6) is 0.881. The second kappa shape index (κ2) is 12.8. The quantitative estimate of drug-likeness (QED) is 0.347. The van der Waals surface area contributed by atoms with Gasteiger partial charge >= 0.3 is 0 Å². The number of anilines is 1.